The van der Waals surface area contributed by atoms with Crippen LogP contribution in [0.3, 0.4) is 0 Å². The first kappa shape index (κ1) is 31.1. The fourth-order valence-electron chi connectivity index (χ4n) is 4.19. The second-order valence-corrected chi connectivity index (χ2v) is 11.3. The summed E-state index contributed by atoms with van der Waals surface area (Å²) in [5, 5.41) is 24.8. The SMILES string of the molecule is CN1N(Cc2cccc(F)c2F)C(=O)C(C(=O)Nc2ccc(C(F)(F)I)cc2-c2ncnc(C#N)c2Cl)=C(O)C1(C)C. The molecule has 2 N–H and O–H groups in total. The van der Waals surface area contributed by atoms with Gasteiger partial charge in [-0.05, 0) is 32.0 Å². The minimum absolute atomic E-state index is 0.125. The molecule has 0 radical (unpaired) electrons. The summed E-state index contributed by atoms with van der Waals surface area (Å²) in [6.07, 6.45) is 0.987. The molecule has 42 heavy (non-hydrogen) atoms. The monoisotopic (exact) mass is 714 g/mol. The number of aliphatic hydroxyl groups excluding tert-OH is 1. The van der Waals surface area contributed by atoms with Crippen LogP contribution < -0.4 is 5.32 Å². The number of amides is 2. The van der Waals surface area contributed by atoms with Gasteiger partial charge in [0.15, 0.2) is 17.3 Å². The van der Waals surface area contributed by atoms with E-state index in [1.165, 1.54) is 38.0 Å². The van der Waals surface area contributed by atoms with Gasteiger partial charge in [0.2, 0.25) is 0 Å². The number of benzene rings is 2. The molecule has 1 aromatic heterocycles. The van der Waals surface area contributed by atoms with Gasteiger partial charge >= 0.3 is 3.93 Å². The van der Waals surface area contributed by atoms with Crippen LogP contribution in [-0.4, -0.2) is 49.5 Å². The van der Waals surface area contributed by atoms with E-state index in [1.807, 2.05) is 0 Å². The maximum atomic E-state index is 14.5. The lowest BCUT2D eigenvalue weighted by atomic mass is 9.93. The maximum Gasteiger partial charge on any atom is 0.321 e. The molecular weight excluding hydrogens is 695 g/mol. The molecule has 1 aliphatic rings. The Bertz CT molecular complexity index is 1690. The van der Waals surface area contributed by atoms with Gasteiger partial charge in [0.25, 0.3) is 11.8 Å². The van der Waals surface area contributed by atoms with E-state index in [-0.39, 0.29) is 33.2 Å². The van der Waals surface area contributed by atoms with Gasteiger partial charge in [-0.3, -0.25) is 14.6 Å². The second kappa shape index (κ2) is 11.5. The number of aliphatic hydroxyl groups is 1. The highest BCUT2D eigenvalue weighted by Crippen LogP contribution is 2.41. The molecule has 15 heteroatoms. The van der Waals surface area contributed by atoms with E-state index < -0.39 is 56.4 Å². The van der Waals surface area contributed by atoms with Crippen molar-refractivity contribution >= 4 is 51.7 Å². The van der Waals surface area contributed by atoms with Crippen molar-refractivity contribution in [2.45, 2.75) is 29.9 Å². The second-order valence-electron chi connectivity index (χ2n) is 9.59. The molecule has 1 aliphatic heterocycles. The predicted octanol–water partition coefficient (Wildman–Crippen LogP) is 5.85. The summed E-state index contributed by atoms with van der Waals surface area (Å²) in [5.74, 6) is -5.13. The van der Waals surface area contributed by atoms with E-state index in [0.29, 0.717) is 0 Å². The highest BCUT2D eigenvalue weighted by Gasteiger charge is 2.46. The quantitative estimate of drug-likeness (QED) is 0.142. The summed E-state index contributed by atoms with van der Waals surface area (Å²) in [6, 6.07) is 8.35. The molecule has 2 aromatic carbocycles. The van der Waals surface area contributed by atoms with Gasteiger partial charge in [-0.2, -0.15) is 14.0 Å². The van der Waals surface area contributed by atoms with Gasteiger partial charge in [-0.25, -0.2) is 23.8 Å². The number of aromatic nitrogens is 2. The fourth-order valence-corrected chi connectivity index (χ4v) is 4.76. The Balaban J connectivity index is 1.79. The molecule has 0 spiro atoms. The first-order chi connectivity index (χ1) is 19.6. The Morgan fingerprint density at radius 3 is 2.57 bits per heavy atom. The first-order valence-corrected chi connectivity index (χ1v) is 13.4. The molecule has 0 aliphatic carbocycles. The molecule has 2 heterocycles. The highest BCUT2D eigenvalue weighted by molar-refractivity contribution is 14.1. The van der Waals surface area contributed by atoms with Crippen LogP contribution in [0.2, 0.25) is 5.02 Å². The third kappa shape index (κ3) is 5.63. The number of likely N-dealkylation sites (N-methyl/N-ethyl adjacent to an activating group) is 1. The van der Waals surface area contributed by atoms with E-state index in [0.717, 1.165) is 58.2 Å². The fraction of sp³-hybridized carbons (Fsp3) is 0.222. The van der Waals surface area contributed by atoms with Crippen molar-refractivity contribution < 1.29 is 32.3 Å². The molecule has 0 fully saturated rings. The summed E-state index contributed by atoms with van der Waals surface area (Å²) < 4.78 is 53.4. The van der Waals surface area contributed by atoms with Crippen LogP contribution in [0, 0.1) is 23.0 Å². The van der Waals surface area contributed by atoms with E-state index in [4.69, 9.17) is 11.6 Å². The number of carbonyl (C=O) groups is 2. The standard InChI is InChI=1S/C27H20ClF4IN6O3/c1-26(2)23(40)19(25(42)39(38(26)3)11-13-5-4-6-16(29)21(13)30)24(41)37-17-8-7-14(27(31,32)33)9-15(17)22-20(28)18(10-34)35-12-36-22/h4-9,12,40H,11H2,1-3H3,(H,37,41). The molecule has 218 valence electrons. The number of nitrogens with zero attached hydrogens (tertiary/aromatic N) is 5. The third-order valence-corrected chi connectivity index (χ3v) is 7.74. The number of anilines is 1. The molecule has 0 bridgehead atoms. The molecule has 3 aromatic rings. The summed E-state index contributed by atoms with van der Waals surface area (Å²) in [5.41, 5.74) is -3.44. The van der Waals surface area contributed by atoms with Crippen LogP contribution in [0.4, 0.5) is 23.2 Å². The topological polar surface area (TPSA) is 122 Å². The van der Waals surface area contributed by atoms with Crippen LogP contribution >= 0.6 is 34.2 Å². The Kier molecular flexibility index (Phi) is 8.50. The van der Waals surface area contributed by atoms with Gasteiger partial charge in [0.1, 0.15) is 28.8 Å². The molecule has 9 nitrogen and oxygen atoms in total. The van der Waals surface area contributed by atoms with Gasteiger partial charge < -0.3 is 10.4 Å². The van der Waals surface area contributed by atoms with E-state index in [9.17, 15) is 37.5 Å². The average molecular weight is 715 g/mol. The lowest BCUT2D eigenvalue weighted by Gasteiger charge is -2.46. The van der Waals surface area contributed by atoms with E-state index >= 15 is 0 Å². The summed E-state index contributed by atoms with van der Waals surface area (Å²) in [6.45, 7) is 2.50. The van der Waals surface area contributed by atoms with Gasteiger partial charge in [0, 0.05) is 46.3 Å². The van der Waals surface area contributed by atoms with Crippen LogP contribution in [0.25, 0.3) is 11.3 Å². The van der Waals surface area contributed by atoms with Gasteiger partial charge in [-0.1, -0.05) is 29.8 Å². The predicted molar refractivity (Wildman–Crippen MR) is 152 cm³/mol. The van der Waals surface area contributed by atoms with Crippen LogP contribution in [0.5, 0.6) is 0 Å². The first-order valence-electron chi connectivity index (χ1n) is 11.9. The summed E-state index contributed by atoms with van der Waals surface area (Å²) >= 11 is 7.18. The van der Waals surface area contributed by atoms with Crippen molar-refractivity contribution in [1.29, 1.82) is 5.26 Å². The minimum Gasteiger partial charge on any atom is -0.509 e. The smallest absolute Gasteiger partial charge is 0.321 e. The number of rotatable bonds is 6. The number of hydrogen-bond acceptors (Lipinski definition) is 7. The minimum atomic E-state index is -3.34. The zero-order valence-corrected chi connectivity index (χ0v) is 24.9. The van der Waals surface area contributed by atoms with E-state index in [1.54, 1.807) is 6.07 Å². The lowest BCUT2D eigenvalue weighted by molar-refractivity contribution is -0.160. The zero-order chi connectivity index (χ0) is 31.1. The van der Waals surface area contributed by atoms with Crippen molar-refractivity contribution in [2.75, 3.05) is 12.4 Å². The highest BCUT2D eigenvalue weighted by atomic mass is 127. The zero-order valence-electron chi connectivity index (χ0n) is 22.0. The number of nitrogens with one attached hydrogen (secondary N) is 1. The molecule has 4 rings (SSSR count). The van der Waals surface area contributed by atoms with Gasteiger partial charge in [0.05, 0.1) is 23.5 Å². The molecule has 0 unspecified atom stereocenters. The summed E-state index contributed by atoms with van der Waals surface area (Å²) in [4.78, 5) is 34.9. The molecule has 0 atom stereocenters. The van der Waals surface area contributed by atoms with Crippen molar-refractivity contribution in [1.82, 2.24) is 20.0 Å². The third-order valence-electron chi connectivity index (χ3n) is 6.76. The van der Waals surface area contributed by atoms with Crippen LogP contribution in [0.1, 0.15) is 30.7 Å². The van der Waals surface area contributed by atoms with Crippen LogP contribution in [0.15, 0.2) is 54.1 Å². The normalized spacial score (nSPS) is 15.5. The summed E-state index contributed by atoms with van der Waals surface area (Å²) in [7, 11) is 1.42. The Morgan fingerprint density at radius 1 is 1.24 bits per heavy atom. The van der Waals surface area contributed by atoms with Crippen molar-refractivity contribution in [2.24, 2.45) is 0 Å². The number of alkyl halides is 3. The number of halogens is 6. The van der Waals surface area contributed by atoms with Crippen molar-refractivity contribution in [3.05, 3.63) is 87.5 Å². The number of carbonyl (C=O) groups excluding carboxylic acids is 2. The van der Waals surface area contributed by atoms with Gasteiger partial charge in [-0.15, -0.1) is 0 Å². The molecule has 0 saturated carbocycles. The number of hydrazine groups is 1. The van der Waals surface area contributed by atoms with Crippen LogP contribution in [-0.2, 0) is 20.1 Å². The molecule has 0 saturated heterocycles. The van der Waals surface area contributed by atoms with Crippen molar-refractivity contribution in [3.8, 4) is 17.3 Å². The van der Waals surface area contributed by atoms with E-state index in [2.05, 4.69) is 15.3 Å². The number of hydrogen-bond donors (Lipinski definition) is 2. The Morgan fingerprint density at radius 2 is 1.93 bits per heavy atom. The molecule has 2 amide bonds. The lowest BCUT2D eigenvalue weighted by Crippen LogP contribution is -2.60. The molecular formula is C27H20ClF4IN6O3. The van der Waals surface area contributed by atoms with Crippen molar-refractivity contribution in [3.63, 3.8) is 0 Å². The Labute approximate surface area is 255 Å². The Hall–Kier alpha value is -3.81. The average Bonchev–Trinajstić information content (AvgIpc) is 2.92. The number of nitriles is 1. The maximum absolute atomic E-state index is 14.5. The largest absolute Gasteiger partial charge is 0.509 e.